The molecule has 2 nitrogen and oxygen atoms in total. The van der Waals surface area contributed by atoms with Gasteiger partial charge in [-0.25, -0.2) is 0 Å². The van der Waals surface area contributed by atoms with E-state index in [0.717, 1.165) is 5.56 Å². The fourth-order valence-electron chi connectivity index (χ4n) is 1.22. The molecule has 2 atom stereocenters. The zero-order valence-electron chi connectivity index (χ0n) is 8.30. The number of hydrogen-bond donors (Lipinski definition) is 2. The predicted octanol–water partition coefficient (Wildman–Crippen LogP) is 2.05. The van der Waals surface area contributed by atoms with Gasteiger partial charge in [0.05, 0.1) is 12.2 Å². The molecule has 76 valence electrons. The minimum Gasteiger partial charge on any atom is -0.389 e. The minimum atomic E-state index is -0.480. The van der Waals surface area contributed by atoms with Crippen molar-refractivity contribution in [3.05, 3.63) is 48.0 Å². The molecule has 0 aliphatic rings. The van der Waals surface area contributed by atoms with Crippen LogP contribution >= 0.6 is 0 Å². The van der Waals surface area contributed by atoms with Crippen LogP contribution in [0.2, 0.25) is 0 Å². The van der Waals surface area contributed by atoms with Gasteiger partial charge in [0.15, 0.2) is 0 Å². The average molecular weight is 192 g/mol. The lowest BCUT2D eigenvalue weighted by molar-refractivity contribution is 0.180. The highest BCUT2D eigenvalue weighted by Gasteiger charge is 2.03. The molecule has 2 heteroatoms. The van der Waals surface area contributed by atoms with Crippen molar-refractivity contribution in [1.29, 1.82) is 0 Å². The van der Waals surface area contributed by atoms with Crippen molar-refractivity contribution in [1.82, 2.24) is 0 Å². The van der Waals surface area contributed by atoms with E-state index < -0.39 is 12.2 Å². The third-order valence-electron chi connectivity index (χ3n) is 1.96. The standard InChI is InChI=1S/C12H16O2/c1-10(13)6-5-9-12(14)11-7-3-2-4-8-11/h2-8,10,12-14H,9H2,1H3/b6-5-/t10-,12-/m1/s1. The Hall–Kier alpha value is -1.12. The van der Waals surface area contributed by atoms with E-state index in [-0.39, 0.29) is 0 Å². The molecule has 0 aromatic heterocycles. The van der Waals surface area contributed by atoms with Gasteiger partial charge in [0.25, 0.3) is 0 Å². The molecule has 0 aliphatic heterocycles. The van der Waals surface area contributed by atoms with Crippen molar-refractivity contribution in [3.63, 3.8) is 0 Å². The van der Waals surface area contributed by atoms with Crippen LogP contribution in [0.1, 0.15) is 25.0 Å². The van der Waals surface area contributed by atoms with Crippen molar-refractivity contribution >= 4 is 0 Å². The summed E-state index contributed by atoms with van der Waals surface area (Å²) in [4.78, 5) is 0. The quantitative estimate of drug-likeness (QED) is 0.717. The molecule has 0 amide bonds. The van der Waals surface area contributed by atoms with Crippen molar-refractivity contribution in [3.8, 4) is 0 Å². The van der Waals surface area contributed by atoms with E-state index >= 15 is 0 Å². The van der Waals surface area contributed by atoms with Gasteiger partial charge in [-0.2, -0.15) is 0 Å². The van der Waals surface area contributed by atoms with E-state index in [1.54, 1.807) is 19.1 Å². The molecule has 0 spiro atoms. The van der Waals surface area contributed by atoms with Gasteiger partial charge in [-0.15, -0.1) is 0 Å². The summed E-state index contributed by atoms with van der Waals surface area (Å²) in [5.74, 6) is 0. The molecule has 0 saturated heterocycles. The van der Waals surface area contributed by atoms with Crippen LogP contribution in [0.3, 0.4) is 0 Å². The normalized spacial score (nSPS) is 15.6. The van der Waals surface area contributed by atoms with Crippen molar-refractivity contribution in [2.24, 2.45) is 0 Å². The monoisotopic (exact) mass is 192 g/mol. The molecule has 0 heterocycles. The van der Waals surface area contributed by atoms with Crippen LogP contribution in [-0.2, 0) is 0 Å². The molecular weight excluding hydrogens is 176 g/mol. The third kappa shape index (κ3) is 3.73. The molecule has 1 aromatic carbocycles. The topological polar surface area (TPSA) is 40.5 Å². The predicted molar refractivity (Wildman–Crippen MR) is 56.8 cm³/mol. The van der Waals surface area contributed by atoms with E-state index in [0.29, 0.717) is 6.42 Å². The summed E-state index contributed by atoms with van der Waals surface area (Å²) in [5, 5.41) is 18.7. The Balaban J connectivity index is 2.47. The Bertz CT molecular complexity index is 278. The number of aliphatic hydroxyl groups excluding tert-OH is 2. The van der Waals surface area contributed by atoms with Gasteiger partial charge in [-0.1, -0.05) is 42.5 Å². The molecule has 0 fully saturated rings. The van der Waals surface area contributed by atoms with Crippen molar-refractivity contribution < 1.29 is 10.2 Å². The molecule has 0 bridgehead atoms. The average Bonchev–Trinajstić information content (AvgIpc) is 2.18. The van der Waals surface area contributed by atoms with Gasteiger partial charge in [0, 0.05) is 0 Å². The van der Waals surface area contributed by atoms with Crippen LogP contribution in [0.15, 0.2) is 42.5 Å². The van der Waals surface area contributed by atoms with Crippen LogP contribution in [0.5, 0.6) is 0 Å². The number of rotatable bonds is 4. The fourth-order valence-corrected chi connectivity index (χ4v) is 1.22. The van der Waals surface area contributed by atoms with E-state index in [9.17, 15) is 5.11 Å². The van der Waals surface area contributed by atoms with Gasteiger partial charge >= 0.3 is 0 Å². The van der Waals surface area contributed by atoms with Gasteiger partial charge < -0.3 is 10.2 Å². The van der Waals surface area contributed by atoms with E-state index in [2.05, 4.69) is 0 Å². The van der Waals surface area contributed by atoms with Gasteiger partial charge in [-0.05, 0) is 18.9 Å². The van der Waals surface area contributed by atoms with Crippen LogP contribution < -0.4 is 0 Å². The van der Waals surface area contributed by atoms with Crippen LogP contribution in [0.4, 0.5) is 0 Å². The Morgan fingerprint density at radius 2 is 1.86 bits per heavy atom. The molecule has 2 N–H and O–H groups in total. The van der Waals surface area contributed by atoms with E-state index in [1.165, 1.54) is 0 Å². The molecule has 0 radical (unpaired) electrons. The zero-order chi connectivity index (χ0) is 10.4. The summed E-state index contributed by atoms with van der Waals surface area (Å²) in [6.45, 7) is 1.69. The Morgan fingerprint density at radius 3 is 2.43 bits per heavy atom. The first-order chi connectivity index (χ1) is 6.70. The smallest absolute Gasteiger partial charge is 0.0824 e. The molecule has 1 rings (SSSR count). The maximum atomic E-state index is 9.70. The number of benzene rings is 1. The second kappa shape index (κ2) is 5.58. The van der Waals surface area contributed by atoms with Crippen molar-refractivity contribution in [2.45, 2.75) is 25.6 Å². The molecule has 0 unspecified atom stereocenters. The van der Waals surface area contributed by atoms with Gasteiger partial charge in [0.2, 0.25) is 0 Å². The second-order valence-electron chi connectivity index (χ2n) is 3.33. The number of hydrogen-bond acceptors (Lipinski definition) is 2. The Kier molecular flexibility index (Phi) is 4.36. The third-order valence-corrected chi connectivity index (χ3v) is 1.96. The first-order valence-electron chi connectivity index (χ1n) is 4.78. The van der Waals surface area contributed by atoms with Crippen LogP contribution in [0, 0.1) is 0 Å². The lowest BCUT2D eigenvalue weighted by Crippen LogP contribution is -1.96. The summed E-state index contributed by atoms with van der Waals surface area (Å²) in [6, 6.07) is 9.50. The highest BCUT2D eigenvalue weighted by molar-refractivity contribution is 5.17. The molecule has 0 aliphatic carbocycles. The Labute approximate surface area is 84.5 Å². The Morgan fingerprint density at radius 1 is 1.21 bits per heavy atom. The zero-order valence-corrected chi connectivity index (χ0v) is 8.30. The summed E-state index contributed by atoms with van der Waals surface area (Å²) < 4.78 is 0. The van der Waals surface area contributed by atoms with Crippen LogP contribution in [-0.4, -0.2) is 16.3 Å². The van der Waals surface area contributed by atoms with Gasteiger partial charge in [0.1, 0.15) is 0 Å². The summed E-state index contributed by atoms with van der Waals surface area (Å²) >= 11 is 0. The maximum absolute atomic E-state index is 9.70. The molecule has 14 heavy (non-hydrogen) atoms. The highest BCUT2D eigenvalue weighted by Crippen LogP contribution is 2.16. The number of aliphatic hydroxyl groups is 2. The van der Waals surface area contributed by atoms with Crippen LogP contribution in [0.25, 0.3) is 0 Å². The first-order valence-corrected chi connectivity index (χ1v) is 4.78. The first kappa shape index (κ1) is 11.0. The maximum Gasteiger partial charge on any atom is 0.0824 e. The van der Waals surface area contributed by atoms with Crippen molar-refractivity contribution in [2.75, 3.05) is 0 Å². The summed E-state index contributed by atoms with van der Waals surface area (Å²) in [7, 11) is 0. The molecular formula is C12H16O2. The minimum absolute atomic E-state index is 0.446. The second-order valence-corrected chi connectivity index (χ2v) is 3.33. The van der Waals surface area contributed by atoms with E-state index in [4.69, 9.17) is 5.11 Å². The summed E-state index contributed by atoms with van der Waals surface area (Å²) in [5.41, 5.74) is 0.905. The molecule has 1 aromatic rings. The highest BCUT2D eigenvalue weighted by atomic mass is 16.3. The SMILES string of the molecule is C[C@@H](O)/C=C\C[C@@H](O)c1ccccc1. The lowest BCUT2D eigenvalue weighted by atomic mass is 10.1. The largest absolute Gasteiger partial charge is 0.389 e. The lowest BCUT2D eigenvalue weighted by Gasteiger charge is -2.07. The molecule has 0 saturated carbocycles. The van der Waals surface area contributed by atoms with Gasteiger partial charge in [-0.3, -0.25) is 0 Å². The fraction of sp³-hybridized carbons (Fsp3) is 0.333. The summed E-state index contributed by atoms with van der Waals surface area (Å²) in [6.07, 6.45) is 3.08. The van der Waals surface area contributed by atoms with E-state index in [1.807, 2.05) is 30.3 Å².